The van der Waals surface area contributed by atoms with Gasteiger partial charge in [-0.15, -0.1) is 12.4 Å². The van der Waals surface area contributed by atoms with Crippen molar-refractivity contribution in [3.8, 4) is 5.75 Å². The fourth-order valence-corrected chi connectivity index (χ4v) is 2.54. The number of alkyl halides is 2. The van der Waals surface area contributed by atoms with Crippen LogP contribution in [-0.2, 0) is 0 Å². The molecule has 2 rings (SSSR count). The molecule has 1 heterocycles. The number of halogens is 3. The Balaban J connectivity index is 0.00000242. The summed E-state index contributed by atoms with van der Waals surface area (Å²) in [6, 6.07) is 5.93. The van der Waals surface area contributed by atoms with Gasteiger partial charge in [0.05, 0.1) is 0 Å². The molecular formula is C15H21ClF2N2O2. The standard InChI is InChI=1S/C15H20F2N2O2.ClH/c1-15(2)9-19(7-6-12(15)18)13(20)10-4-3-5-11(8-10)21-14(16)17;/h3-5,8,12,14H,6-7,9,18H2,1-2H3;1H. The number of nitrogens with two attached hydrogens (primary N) is 1. The lowest BCUT2D eigenvalue weighted by Gasteiger charge is -2.42. The number of carbonyl (C=O) groups excluding carboxylic acids is 1. The van der Waals surface area contributed by atoms with E-state index in [1.54, 1.807) is 11.0 Å². The van der Waals surface area contributed by atoms with E-state index in [2.05, 4.69) is 4.74 Å². The van der Waals surface area contributed by atoms with Crippen LogP contribution in [0.2, 0.25) is 0 Å². The predicted octanol–water partition coefficient (Wildman–Crippen LogP) is 2.91. The number of hydrogen-bond acceptors (Lipinski definition) is 3. The van der Waals surface area contributed by atoms with Crippen LogP contribution in [0.4, 0.5) is 8.78 Å². The molecule has 0 aromatic heterocycles. The minimum absolute atomic E-state index is 0. The number of nitrogens with zero attached hydrogens (tertiary/aromatic N) is 1. The molecule has 124 valence electrons. The third-order valence-corrected chi connectivity index (χ3v) is 3.91. The highest BCUT2D eigenvalue weighted by molar-refractivity contribution is 5.94. The molecule has 1 aromatic rings. The van der Waals surface area contributed by atoms with E-state index in [1.807, 2.05) is 13.8 Å². The molecule has 0 spiro atoms. The number of likely N-dealkylation sites (tertiary alicyclic amines) is 1. The van der Waals surface area contributed by atoms with E-state index >= 15 is 0 Å². The maximum Gasteiger partial charge on any atom is 0.387 e. The van der Waals surface area contributed by atoms with Crippen LogP contribution in [0.15, 0.2) is 24.3 Å². The monoisotopic (exact) mass is 334 g/mol. The molecule has 1 unspecified atom stereocenters. The van der Waals surface area contributed by atoms with Crippen LogP contribution < -0.4 is 10.5 Å². The first-order valence-electron chi connectivity index (χ1n) is 6.89. The Labute approximate surface area is 135 Å². The van der Waals surface area contributed by atoms with Gasteiger partial charge in [0.25, 0.3) is 5.91 Å². The van der Waals surface area contributed by atoms with Gasteiger partial charge in [0, 0.05) is 24.7 Å². The Morgan fingerprint density at radius 3 is 2.73 bits per heavy atom. The summed E-state index contributed by atoms with van der Waals surface area (Å²) in [6.07, 6.45) is 0.728. The van der Waals surface area contributed by atoms with Crippen molar-refractivity contribution in [2.24, 2.45) is 11.1 Å². The van der Waals surface area contributed by atoms with Crippen LogP contribution >= 0.6 is 12.4 Å². The summed E-state index contributed by atoms with van der Waals surface area (Å²) in [5.74, 6) is -0.196. The molecule has 1 atom stereocenters. The van der Waals surface area contributed by atoms with E-state index in [4.69, 9.17) is 5.73 Å². The van der Waals surface area contributed by atoms with Crippen LogP contribution in [0.25, 0.3) is 0 Å². The van der Waals surface area contributed by atoms with Crippen LogP contribution in [0.1, 0.15) is 30.6 Å². The lowest BCUT2D eigenvalue weighted by atomic mass is 9.79. The first-order valence-corrected chi connectivity index (χ1v) is 6.89. The van der Waals surface area contributed by atoms with Gasteiger partial charge in [0.2, 0.25) is 0 Å². The van der Waals surface area contributed by atoms with Crippen LogP contribution in [0, 0.1) is 5.41 Å². The second-order valence-corrected chi connectivity index (χ2v) is 6.02. The average molecular weight is 335 g/mol. The van der Waals surface area contributed by atoms with E-state index in [9.17, 15) is 13.6 Å². The van der Waals surface area contributed by atoms with Gasteiger partial charge in [-0.25, -0.2) is 0 Å². The van der Waals surface area contributed by atoms with Crippen molar-refractivity contribution < 1.29 is 18.3 Å². The number of carbonyl (C=O) groups is 1. The number of rotatable bonds is 3. The molecule has 1 aliphatic heterocycles. The molecule has 22 heavy (non-hydrogen) atoms. The molecule has 1 saturated heterocycles. The number of hydrogen-bond donors (Lipinski definition) is 1. The average Bonchev–Trinajstić information content (AvgIpc) is 2.40. The molecule has 1 aromatic carbocycles. The molecule has 1 aliphatic rings. The summed E-state index contributed by atoms with van der Waals surface area (Å²) in [5.41, 5.74) is 6.24. The van der Waals surface area contributed by atoms with Crippen molar-refractivity contribution in [3.05, 3.63) is 29.8 Å². The molecule has 0 bridgehead atoms. The Morgan fingerprint density at radius 2 is 2.14 bits per heavy atom. The van der Waals surface area contributed by atoms with E-state index in [0.717, 1.165) is 6.42 Å². The van der Waals surface area contributed by atoms with Gasteiger partial charge in [-0.2, -0.15) is 8.78 Å². The van der Waals surface area contributed by atoms with Gasteiger partial charge in [-0.05, 0) is 30.0 Å². The molecule has 1 fully saturated rings. The van der Waals surface area contributed by atoms with Crippen molar-refractivity contribution in [2.45, 2.75) is 32.9 Å². The minimum atomic E-state index is -2.90. The van der Waals surface area contributed by atoms with Gasteiger partial charge in [-0.1, -0.05) is 19.9 Å². The van der Waals surface area contributed by atoms with Gasteiger partial charge in [0.1, 0.15) is 5.75 Å². The lowest BCUT2D eigenvalue weighted by Crippen LogP contribution is -2.53. The highest BCUT2D eigenvalue weighted by Crippen LogP contribution is 2.29. The van der Waals surface area contributed by atoms with Crippen LogP contribution in [0.5, 0.6) is 5.75 Å². The Bertz CT molecular complexity index is 526. The van der Waals surface area contributed by atoms with E-state index < -0.39 is 6.61 Å². The molecule has 4 nitrogen and oxygen atoms in total. The highest BCUT2D eigenvalue weighted by Gasteiger charge is 2.35. The van der Waals surface area contributed by atoms with Gasteiger partial charge >= 0.3 is 6.61 Å². The second-order valence-electron chi connectivity index (χ2n) is 6.02. The lowest BCUT2D eigenvalue weighted by molar-refractivity contribution is -0.0499. The molecule has 2 N–H and O–H groups in total. The van der Waals surface area contributed by atoms with Crippen molar-refractivity contribution in [1.29, 1.82) is 0 Å². The maximum atomic E-state index is 12.5. The fraction of sp³-hybridized carbons (Fsp3) is 0.533. The highest BCUT2D eigenvalue weighted by atomic mass is 35.5. The SMILES string of the molecule is CC1(C)CN(C(=O)c2cccc(OC(F)F)c2)CCC1N.Cl. The maximum absolute atomic E-state index is 12.5. The molecular weight excluding hydrogens is 314 g/mol. The molecule has 7 heteroatoms. The largest absolute Gasteiger partial charge is 0.435 e. The number of piperidine rings is 1. The topological polar surface area (TPSA) is 55.6 Å². The second kappa shape index (κ2) is 7.24. The summed E-state index contributed by atoms with van der Waals surface area (Å²) in [4.78, 5) is 14.2. The molecule has 1 amide bonds. The van der Waals surface area contributed by atoms with Crippen molar-refractivity contribution in [1.82, 2.24) is 4.90 Å². The third kappa shape index (κ3) is 4.30. The quantitative estimate of drug-likeness (QED) is 0.924. The fourth-order valence-electron chi connectivity index (χ4n) is 2.54. The number of amides is 1. The Kier molecular flexibility index (Phi) is 6.14. The van der Waals surface area contributed by atoms with Gasteiger partial charge in [0.15, 0.2) is 0 Å². The van der Waals surface area contributed by atoms with E-state index in [1.165, 1.54) is 18.2 Å². The first-order chi connectivity index (χ1) is 9.79. The smallest absolute Gasteiger partial charge is 0.387 e. The zero-order valence-electron chi connectivity index (χ0n) is 12.6. The third-order valence-electron chi connectivity index (χ3n) is 3.91. The number of benzene rings is 1. The summed E-state index contributed by atoms with van der Waals surface area (Å²) in [7, 11) is 0. The minimum Gasteiger partial charge on any atom is -0.435 e. The summed E-state index contributed by atoms with van der Waals surface area (Å²) >= 11 is 0. The van der Waals surface area contributed by atoms with E-state index in [0.29, 0.717) is 18.7 Å². The van der Waals surface area contributed by atoms with Crippen molar-refractivity contribution >= 4 is 18.3 Å². The summed E-state index contributed by atoms with van der Waals surface area (Å²) in [6.45, 7) is 2.26. The van der Waals surface area contributed by atoms with Gasteiger partial charge in [-0.3, -0.25) is 4.79 Å². The normalized spacial score (nSPS) is 20.5. The van der Waals surface area contributed by atoms with Crippen molar-refractivity contribution in [3.63, 3.8) is 0 Å². The number of ether oxygens (including phenoxy) is 1. The molecule has 0 saturated carbocycles. The molecule has 0 aliphatic carbocycles. The Hall–Kier alpha value is -1.40. The summed E-state index contributed by atoms with van der Waals surface area (Å²) < 4.78 is 28.8. The summed E-state index contributed by atoms with van der Waals surface area (Å²) in [5, 5.41) is 0. The van der Waals surface area contributed by atoms with Gasteiger partial charge < -0.3 is 15.4 Å². The van der Waals surface area contributed by atoms with Crippen molar-refractivity contribution in [2.75, 3.05) is 13.1 Å². The zero-order chi connectivity index (χ0) is 15.6. The van der Waals surface area contributed by atoms with Crippen LogP contribution in [0.3, 0.4) is 0 Å². The Morgan fingerprint density at radius 1 is 1.45 bits per heavy atom. The zero-order valence-corrected chi connectivity index (χ0v) is 13.4. The predicted molar refractivity (Wildman–Crippen MR) is 82.6 cm³/mol. The first kappa shape index (κ1) is 18.6. The van der Waals surface area contributed by atoms with E-state index in [-0.39, 0.29) is 35.5 Å². The van der Waals surface area contributed by atoms with Crippen LogP contribution in [-0.4, -0.2) is 36.5 Å². The molecule has 0 radical (unpaired) electrons.